The molecule has 1 rings (SSSR count). The Labute approximate surface area is 112 Å². The molecule has 0 fully saturated rings. The lowest BCUT2D eigenvalue weighted by molar-refractivity contribution is -0.384. The number of rotatable bonds is 6. The third-order valence-electron chi connectivity index (χ3n) is 2.46. The van der Waals surface area contributed by atoms with Gasteiger partial charge in [-0.15, -0.1) is 0 Å². The molecule has 0 aliphatic rings. The van der Waals surface area contributed by atoms with E-state index in [-0.39, 0.29) is 24.6 Å². The Hall–Kier alpha value is -2.71. The number of nitro groups is 1. The first-order chi connectivity index (χ1) is 9.36. The quantitative estimate of drug-likeness (QED) is 0.529. The molecule has 20 heavy (non-hydrogen) atoms. The van der Waals surface area contributed by atoms with Crippen molar-refractivity contribution < 1.29 is 24.0 Å². The number of carbonyl (C=O) groups is 2. The van der Waals surface area contributed by atoms with Crippen LogP contribution in [-0.4, -0.2) is 35.5 Å². The van der Waals surface area contributed by atoms with E-state index in [2.05, 4.69) is 10.6 Å². The number of nitro benzene ring substituents is 1. The summed E-state index contributed by atoms with van der Waals surface area (Å²) in [6.07, 6.45) is 0.0352. The molecule has 0 saturated carbocycles. The van der Waals surface area contributed by atoms with Gasteiger partial charge in [-0.25, -0.2) is 9.18 Å². The third-order valence-corrected chi connectivity index (χ3v) is 2.46. The molecule has 0 radical (unpaired) electrons. The minimum Gasteiger partial charge on any atom is -0.478 e. The van der Waals surface area contributed by atoms with Gasteiger partial charge in [0.15, 0.2) is 0 Å². The van der Waals surface area contributed by atoms with Crippen LogP contribution in [0, 0.1) is 15.9 Å². The van der Waals surface area contributed by atoms with Gasteiger partial charge in [0.1, 0.15) is 11.5 Å². The summed E-state index contributed by atoms with van der Waals surface area (Å²) in [6.45, 7) is 0.0468. The largest absolute Gasteiger partial charge is 0.478 e. The van der Waals surface area contributed by atoms with Gasteiger partial charge in [-0.2, -0.15) is 0 Å². The first-order valence-corrected chi connectivity index (χ1v) is 5.52. The molecule has 108 valence electrons. The fourth-order valence-corrected chi connectivity index (χ4v) is 1.45. The van der Waals surface area contributed by atoms with Crippen LogP contribution in [0.25, 0.3) is 0 Å². The van der Waals surface area contributed by atoms with E-state index in [0.717, 1.165) is 6.07 Å². The average Bonchev–Trinajstić information content (AvgIpc) is 2.39. The van der Waals surface area contributed by atoms with Crippen molar-refractivity contribution in [3.8, 4) is 0 Å². The fourth-order valence-electron chi connectivity index (χ4n) is 1.45. The van der Waals surface area contributed by atoms with E-state index in [1.165, 1.54) is 7.05 Å². The van der Waals surface area contributed by atoms with E-state index >= 15 is 0 Å². The number of halogens is 1. The highest BCUT2D eigenvalue weighted by atomic mass is 19.1. The number of nitrogens with one attached hydrogen (secondary N) is 2. The normalized spacial score (nSPS) is 9.90. The van der Waals surface area contributed by atoms with Crippen LogP contribution in [0.5, 0.6) is 0 Å². The molecule has 0 spiro atoms. The number of benzene rings is 1. The van der Waals surface area contributed by atoms with Gasteiger partial charge in [0.25, 0.3) is 5.69 Å². The van der Waals surface area contributed by atoms with Crippen molar-refractivity contribution in [2.75, 3.05) is 18.9 Å². The number of carbonyl (C=O) groups excluding carboxylic acids is 1. The molecule has 0 unspecified atom stereocenters. The van der Waals surface area contributed by atoms with Crippen LogP contribution in [0.15, 0.2) is 12.1 Å². The van der Waals surface area contributed by atoms with Crippen molar-refractivity contribution in [2.24, 2.45) is 0 Å². The molecule has 1 aromatic carbocycles. The van der Waals surface area contributed by atoms with E-state index in [4.69, 9.17) is 5.11 Å². The molecular weight excluding hydrogens is 273 g/mol. The molecule has 0 aliphatic carbocycles. The zero-order valence-corrected chi connectivity index (χ0v) is 10.5. The monoisotopic (exact) mass is 285 g/mol. The maximum absolute atomic E-state index is 13.4. The summed E-state index contributed by atoms with van der Waals surface area (Å²) in [6, 6.07) is 1.37. The Balaban J connectivity index is 3.02. The molecule has 0 bridgehead atoms. The summed E-state index contributed by atoms with van der Waals surface area (Å²) in [5.41, 5.74) is -1.43. The van der Waals surface area contributed by atoms with Gasteiger partial charge >= 0.3 is 5.97 Å². The van der Waals surface area contributed by atoms with E-state index in [9.17, 15) is 24.1 Å². The lowest BCUT2D eigenvalue weighted by atomic mass is 10.1. The number of nitrogens with zero attached hydrogens (tertiary/aromatic N) is 1. The fraction of sp³-hybridized carbons (Fsp3) is 0.273. The maximum atomic E-state index is 13.4. The summed E-state index contributed by atoms with van der Waals surface area (Å²) < 4.78 is 13.4. The SMILES string of the molecule is CNC(=O)CCNc1cc(C(=O)O)c(F)cc1[N+](=O)[O-]. The minimum absolute atomic E-state index is 0.0352. The lowest BCUT2D eigenvalue weighted by Gasteiger charge is -2.08. The molecule has 0 aliphatic heterocycles. The van der Waals surface area contributed by atoms with Crippen molar-refractivity contribution in [3.63, 3.8) is 0 Å². The Kier molecular flexibility index (Phi) is 4.95. The van der Waals surface area contributed by atoms with Crippen LogP contribution in [-0.2, 0) is 4.79 Å². The summed E-state index contributed by atoms with van der Waals surface area (Å²) in [5, 5.41) is 24.5. The lowest BCUT2D eigenvalue weighted by Crippen LogP contribution is -2.21. The topological polar surface area (TPSA) is 122 Å². The zero-order chi connectivity index (χ0) is 15.3. The number of hydrogen-bond donors (Lipinski definition) is 3. The van der Waals surface area contributed by atoms with Crippen molar-refractivity contribution in [1.29, 1.82) is 0 Å². The van der Waals surface area contributed by atoms with Crippen LogP contribution in [0.4, 0.5) is 15.8 Å². The Bertz CT molecular complexity index is 561. The molecular formula is C11H12FN3O5. The standard InChI is InChI=1S/C11H12FN3O5/c1-13-10(16)2-3-14-8-4-6(11(17)18)7(12)5-9(8)15(19)20/h4-5,14H,2-3H2,1H3,(H,13,16)(H,17,18). The zero-order valence-electron chi connectivity index (χ0n) is 10.5. The number of anilines is 1. The van der Waals surface area contributed by atoms with Crippen LogP contribution >= 0.6 is 0 Å². The smallest absolute Gasteiger partial charge is 0.338 e. The molecule has 0 atom stereocenters. The predicted octanol–water partition coefficient (Wildman–Crippen LogP) is 0.980. The molecule has 8 nitrogen and oxygen atoms in total. The predicted molar refractivity (Wildman–Crippen MR) is 67.2 cm³/mol. The molecule has 0 saturated heterocycles. The van der Waals surface area contributed by atoms with E-state index in [0.29, 0.717) is 6.07 Å². The number of carboxylic acid groups (broad SMARTS) is 1. The first kappa shape index (κ1) is 15.3. The second-order valence-electron chi connectivity index (χ2n) is 3.76. The van der Waals surface area contributed by atoms with Crippen LogP contribution in [0.3, 0.4) is 0 Å². The molecule has 9 heteroatoms. The minimum atomic E-state index is -1.54. The van der Waals surface area contributed by atoms with Crippen molar-refractivity contribution >= 4 is 23.3 Å². The molecule has 0 aromatic heterocycles. The second-order valence-corrected chi connectivity index (χ2v) is 3.76. The van der Waals surface area contributed by atoms with E-state index in [1.54, 1.807) is 0 Å². The molecule has 3 N–H and O–H groups in total. The van der Waals surface area contributed by atoms with Crippen LogP contribution < -0.4 is 10.6 Å². The highest BCUT2D eigenvalue weighted by molar-refractivity contribution is 5.90. The molecule has 1 aromatic rings. The molecule has 1 amide bonds. The summed E-state index contributed by atoms with van der Waals surface area (Å²) in [7, 11) is 1.44. The Morgan fingerprint density at radius 2 is 2.10 bits per heavy atom. The summed E-state index contributed by atoms with van der Waals surface area (Å²) >= 11 is 0. The number of carboxylic acids is 1. The van der Waals surface area contributed by atoms with Crippen molar-refractivity contribution in [2.45, 2.75) is 6.42 Å². The maximum Gasteiger partial charge on any atom is 0.338 e. The highest BCUT2D eigenvalue weighted by Gasteiger charge is 2.21. The highest BCUT2D eigenvalue weighted by Crippen LogP contribution is 2.27. The average molecular weight is 285 g/mol. The first-order valence-electron chi connectivity index (χ1n) is 5.52. The van der Waals surface area contributed by atoms with E-state index < -0.39 is 28.0 Å². The van der Waals surface area contributed by atoms with Crippen molar-refractivity contribution in [3.05, 3.63) is 33.6 Å². The van der Waals surface area contributed by atoms with Gasteiger partial charge in [0, 0.05) is 20.0 Å². The third kappa shape index (κ3) is 3.64. The van der Waals surface area contributed by atoms with Gasteiger partial charge in [-0.05, 0) is 6.07 Å². The van der Waals surface area contributed by atoms with Crippen LogP contribution in [0.2, 0.25) is 0 Å². The van der Waals surface area contributed by atoms with Gasteiger partial charge in [-0.1, -0.05) is 0 Å². The second kappa shape index (κ2) is 6.45. The summed E-state index contributed by atoms with van der Waals surface area (Å²) in [5.74, 6) is -3.02. The number of hydrogen-bond acceptors (Lipinski definition) is 5. The van der Waals surface area contributed by atoms with Crippen LogP contribution in [0.1, 0.15) is 16.8 Å². The van der Waals surface area contributed by atoms with Gasteiger partial charge in [0.2, 0.25) is 5.91 Å². The number of aromatic carboxylic acids is 1. The number of amides is 1. The summed E-state index contributed by atoms with van der Waals surface area (Å²) in [4.78, 5) is 31.7. The van der Waals surface area contributed by atoms with Gasteiger partial charge in [-0.3, -0.25) is 14.9 Å². The van der Waals surface area contributed by atoms with Gasteiger partial charge in [0.05, 0.1) is 16.6 Å². The van der Waals surface area contributed by atoms with Crippen molar-refractivity contribution in [1.82, 2.24) is 5.32 Å². The Morgan fingerprint density at radius 1 is 1.45 bits per heavy atom. The van der Waals surface area contributed by atoms with Gasteiger partial charge < -0.3 is 15.7 Å². The van der Waals surface area contributed by atoms with E-state index in [1.807, 2.05) is 0 Å². The molecule has 0 heterocycles. The Morgan fingerprint density at radius 3 is 2.60 bits per heavy atom.